The molecular weight excluding hydrogens is 462 g/mol. The molecule has 0 saturated carbocycles. The molecule has 0 saturated heterocycles. The predicted molar refractivity (Wildman–Crippen MR) is 142 cm³/mol. The Labute approximate surface area is 210 Å². The van der Waals surface area contributed by atoms with Gasteiger partial charge in [-0.25, -0.2) is 8.42 Å². The third kappa shape index (κ3) is 7.56. The van der Waals surface area contributed by atoms with Crippen LogP contribution < -0.4 is 9.62 Å². The number of amides is 2. The highest BCUT2D eigenvalue weighted by molar-refractivity contribution is 7.92. The molecule has 0 aliphatic carbocycles. The first kappa shape index (κ1) is 28.4. The van der Waals surface area contributed by atoms with Crippen LogP contribution >= 0.6 is 0 Å². The average molecular weight is 502 g/mol. The molecule has 2 unspecified atom stereocenters. The average Bonchev–Trinajstić information content (AvgIpc) is 2.78. The van der Waals surface area contributed by atoms with Gasteiger partial charge in [-0.3, -0.25) is 13.9 Å². The number of carbonyl (C=O) groups excluding carboxylic acids is 2. The maximum absolute atomic E-state index is 13.8. The zero-order valence-electron chi connectivity index (χ0n) is 22.0. The topological polar surface area (TPSA) is 86.8 Å². The first-order valence-corrected chi connectivity index (χ1v) is 13.9. The van der Waals surface area contributed by atoms with Crippen LogP contribution in [0.3, 0.4) is 0 Å². The molecule has 0 fully saturated rings. The summed E-state index contributed by atoms with van der Waals surface area (Å²) in [6, 6.07) is 12.4. The van der Waals surface area contributed by atoms with Crippen LogP contribution in [0.15, 0.2) is 42.5 Å². The second-order valence-corrected chi connectivity index (χ2v) is 11.2. The molecule has 8 heteroatoms. The number of anilines is 1. The minimum atomic E-state index is -3.75. The Morgan fingerprint density at radius 2 is 1.63 bits per heavy atom. The summed E-state index contributed by atoms with van der Waals surface area (Å²) >= 11 is 0. The lowest BCUT2D eigenvalue weighted by molar-refractivity contribution is -0.140. The first-order valence-electron chi connectivity index (χ1n) is 12.1. The van der Waals surface area contributed by atoms with E-state index in [0.717, 1.165) is 39.2 Å². The third-order valence-electron chi connectivity index (χ3n) is 6.29. The van der Waals surface area contributed by atoms with Crippen LogP contribution in [-0.4, -0.2) is 50.0 Å². The SMILES string of the molecule is CCC(C)NC(=O)C(CC)N(Cc1ccccc1C)C(=O)CN(c1ccc(C)cc1C)S(C)(=O)=O. The van der Waals surface area contributed by atoms with Crippen LogP contribution in [-0.2, 0) is 26.2 Å². The number of benzene rings is 2. The number of sulfonamides is 1. The van der Waals surface area contributed by atoms with Crippen molar-refractivity contribution in [2.75, 3.05) is 17.1 Å². The Bertz CT molecular complexity index is 1150. The van der Waals surface area contributed by atoms with Gasteiger partial charge in [0.25, 0.3) is 0 Å². The molecule has 0 aliphatic heterocycles. The number of carbonyl (C=O) groups is 2. The Hall–Kier alpha value is -2.87. The van der Waals surface area contributed by atoms with Crippen molar-refractivity contribution in [1.82, 2.24) is 10.2 Å². The number of nitrogens with one attached hydrogen (secondary N) is 1. The quantitative estimate of drug-likeness (QED) is 0.502. The van der Waals surface area contributed by atoms with Crippen molar-refractivity contribution < 1.29 is 18.0 Å². The molecule has 192 valence electrons. The van der Waals surface area contributed by atoms with E-state index in [4.69, 9.17) is 0 Å². The van der Waals surface area contributed by atoms with E-state index in [1.54, 1.807) is 6.07 Å². The Morgan fingerprint density at radius 3 is 2.17 bits per heavy atom. The minimum absolute atomic E-state index is 0.0327. The Balaban J connectivity index is 2.49. The maximum Gasteiger partial charge on any atom is 0.244 e. The van der Waals surface area contributed by atoms with Crippen LogP contribution in [0.2, 0.25) is 0 Å². The molecule has 2 atom stereocenters. The number of rotatable bonds is 11. The van der Waals surface area contributed by atoms with E-state index in [0.29, 0.717) is 12.1 Å². The lowest BCUT2D eigenvalue weighted by Crippen LogP contribution is -2.53. The molecule has 35 heavy (non-hydrogen) atoms. The molecule has 2 amide bonds. The van der Waals surface area contributed by atoms with Gasteiger partial charge in [0.1, 0.15) is 12.6 Å². The van der Waals surface area contributed by atoms with Crippen molar-refractivity contribution in [1.29, 1.82) is 0 Å². The van der Waals surface area contributed by atoms with E-state index in [1.165, 1.54) is 4.90 Å². The van der Waals surface area contributed by atoms with Gasteiger partial charge < -0.3 is 10.2 Å². The summed E-state index contributed by atoms with van der Waals surface area (Å²) in [6.07, 6.45) is 2.27. The second-order valence-electron chi connectivity index (χ2n) is 9.25. The first-order chi connectivity index (χ1) is 16.4. The fourth-order valence-electron chi connectivity index (χ4n) is 4.01. The molecule has 7 nitrogen and oxygen atoms in total. The summed E-state index contributed by atoms with van der Waals surface area (Å²) < 4.78 is 26.7. The lowest BCUT2D eigenvalue weighted by atomic mass is 10.1. The zero-order chi connectivity index (χ0) is 26.3. The second kappa shape index (κ2) is 12.2. The molecule has 0 bridgehead atoms. The minimum Gasteiger partial charge on any atom is -0.352 e. The van der Waals surface area contributed by atoms with Crippen LogP contribution in [0.25, 0.3) is 0 Å². The van der Waals surface area contributed by atoms with Gasteiger partial charge in [-0.1, -0.05) is 55.8 Å². The van der Waals surface area contributed by atoms with E-state index < -0.39 is 22.0 Å². The summed E-state index contributed by atoms with van der Waals surface area (Å²) in [5.41, 5.74) is 4.12. The Morgan fingerprint density at radius 1 is 0.971 bits per heavy atom. The largest absolute Gasteiger partial charge is 0.352 e. The third-order valence-corrected chi connectivity index (χ3v) is 7.42. The fraction of sp³-hybridized carbons (Fsp3) is 0.481. The molecule has 0 aromatic heterocycles. The maximum atomic E-state index is 13.8. The Kier molecular flexibility index (Phi) is 9.89. The summed E-state index contributed by atoms with van der Waals surface area (Å²) in [4.78, 5) is 28.5. The van der Waals surface area contributed by atoms with E-state index in [-0.39, 0.29) is 25.0 Å². The highest BCUT2D eigenvalue weighted by Gasteiger charge is 2.32. The normalized spacial score (nSPS) is 13.1. The van der Waals surface area contributed by atoms with Crippen LogP contribution in [0.1, 0.15) is 55.9 Å². The monoisotopic (exact) mass is 501 g/mol. The molecular formula is C27H39N3O4S. The molecule has 0 heterocycles. The predicted octanol–water partition coefficient (Wildman–Crippen LogP) is 4.10. The summed E-state index contributed by atoms with van der Waals surface area (Å²) in [7, 11) is -3.75. The van der Waals surface area contributed by atoms with Crippen LogP contribution in [0.5, 0.6) is 0 Å². The van der Waals surface area contributed by atoms with Gasteiger partial charge in [-0.15, -0.1) is 0 Å². The van der Waals surface area contributed by atoms with Gasteiger partial charge in [-0.05, 0) is 63.3 Å². The number of aryl methyl sites for hydroxylation is 3. The van der Waals surface area contributed by atoms with Gasteiger partial charge in [-0.2, -0.15) is 0 Å². The van der Waals surface area contributed by atoms with E-state index >= 15 is 0 Å². The molecule has 2 aromatic carbocycles. The van der Waals surface area contributed by atoms with Crippen molar-refractivity contribution in [2.24, 2.45) is 0 Å². The summed E-state index contributed by atoms with van der Waals surface area (Å²) in [5, 5.41) is 2.98. The van der Waals surface area contributed by atoms with E-state index in [2.05, 4.69) is 5.32 Å². The van der Waals surface area contributed by atoms with Crippen molar-refractivity contribution in [2.45, 2.75) is 73.0 Å². The standard InChI is InChI=1S/C27H39N3O4S/c1-8-22(6)28-27(32)24(9-2)29(17-23-13-11-10-12-20(23)4)26(31)18-30(35(7,33)34)25-15-14-19(3)16-21(25)5/h10-16,22,24H,8-9,17-18H2,1-7H3,(H,28,32). The van der Waals surface area contributed by atoms with E-state index in [1.807, 2.05) is 77.9 Å². The van der Waals surface area contributed by atoms with Crippen molar-refractivity contribution in [3.8, 4) is 0 Å². The molecule has 1 N–H and O–H groups in total. The van der Waals surface area contributed by atoms with Gasteiger partial charge >= 0.3 is 0 Å². The van der Waals surface area contributed by atoms with Crippen LogP contribution in [0, 0.1) is 20.8 Å². The highest BCUT2D eigenvalue weighted by Crippen LogP contribution is 2.24. The van der Waals surface area contributed by atoms with Crippen molar-refractivity contribution in [3.05, 3.63) is 64.7 Å². The molecule has 2 rings (SSSR count). The molecule has 2 aromatic rings. The molecule has 0 radical (unpaired) electrons. The molecule has 0 aliphatic rings. The number of hydrogen-bond donors (Lipinski definition) is 1. The molecule has 0 spiro atoms. The number of hydrogen-bond acceptors (Lipinski definition) is 4. The highest BCUT2D eigenvalue weighted by atomic mass is 32.2. The van der Waals surface area contributed by atoms with Crippen molar-refractivity contribution in [3.63, 3.8) is 0 Å². The van der Waals surface area contributed by atoms with Gasteiger partial charge in [0.05, 0.1) is 11.9 Å². The lowest BCUT2D eigenvalue weighted by Gasteiger charge is -2.34. The summed E-state index contributed by atoms with van der Waals surface area (Å²) in [6.45, 7) is 11.3. The zero-order valence-corrected chi connectivity index (χ0v) is 22.8. The fourth-order valence-corrected chi connectivity index (χ4v) is 4.92. The van der Waals surface area contributed by atoms with Gasteiger partial charge in [0.2, 0.25) is 21.8 Å². The number of nitrogens with zero attached hydrogens (tertiary/aromatic N) is 2. The summed E-state index contributed by atoms with van der Waals surface area (Å²) in [5.74, 6) is -0.661. The van der Waals surface area contributed by atoms with E-state index in [9.17, 15) is 18.0 Å². The van der Waals surface area contributed by atoms with Crippen LogP contribution in [0.4, 0.5) is 5.69 Å². The van der Waals surface area contributed by atoms with Crippen molar-refractivity contribution >= 4 is 27.5 Å². The van der Waals surface area contributed by atoms with Gasteiger partial charge in [0, 0.05) is 12.6 Å². The van der Waals surface area contributed by atoms with Gasteiger partial charge in [0.15, 0.2) is 0 Å². The smallest absolute Gasteiger partial charge is 0.244 e.